The van der Waals surface area contributed by atoms with Crippen LogP contribution in [-0.4, -0.2) is 33.9 Å². The van der Waals surface area contributed by atoms with E-state index in [1.54, 1.807) is 7.11 Å². The summed E-state index contributed by atoms with van der Waals surface area (Å²) in [6.45, 7) is 5.24. The zero-order chi connectivity index (χ0) is 14.1. The number of hydrogen-bond donors (Lipinski definition) is 2. The molecule has 0 atom stereocenters. The molecule has 7 heteroatoms. The molecule has 0 amide bonds. The smallest absolute Gasteiger partial charge is 0.179 e. The molecule has 0 fully saturated rings. The normalized spacial score (nSPS) is 9.52. The zero-order valence-corrected chi connectivity index (χ0v) is 15.1. The van der Waals surface area contributed by atoms with Crippen molar-refractivity contribution in [2.75, 3.05) is 33.9 Å². The Morgan fingerprint density at radius 2 is 1.90 bits per heavy atom. The third-order valence-electron chi connectivity index (χ3n) is 2.69. The molecule has 124 valence electrons. The van der Waals surface area contributed by atoms with Gasteiger partial charge in [-0.15, -0.1) is 24.8 Å². The molecule has 0 unspecified atom stereocenters. The summed E-state index contributed by atoms with van der Waals surface area (Å²) in [6.07, 6.45) is 1.10. The van der Waals surface area contributed by atoms with Crippen LogP contribution in [0.5, 0.6) is 11.5 Å². The van der Waals surface area contributed by atoms with Gasteiger partial charge in [0.05, 0.1) is 18.7 Å². The first-order valence-corrected chi connectivity index (χ1v) is 6.95. The highest BCUT2D eigenvalue weighted by Gasteiger charge is 2.11. The van der Waals surface area contributed by atoms with E-state index in [1.165, 1.54) is 0 Å². The second kappa shape index (κ2) is 13.3. The fourth-order valence-corrected chi connectivity index (χ4v) is 2.07. The second-order valence-electron chi connectivity index (χ2n) is 4.18. The van der Waals surface area contributed by atoms with E-state index in [4.69, 9.17) is 21.1 Å². The molecular weight excluding hydrogens is 335 g/mol. The molecule has 0 aliphatic rings. The zero-order valence-electron chi connectivity index (χ0n) is 12.7. The molecule has 1 rings (SSSR count). The maximum atomic E-state index is 6.21. The highest BCUT2D eigenvalue weighted by Crippen LogP contribution is 2.36. The quantitative estimate of drug-likeness (QED) is 0.664. The van der Waals surface area contributed by atoms with Gasteiger partial charge in [0.15, 0.2) is 11.5 Å². The van der Waals surface area contributed by atoms with E-state index >= 15 is 0 Å². The molecule has 21 heavy (non-hydrogen) atoms. The number of ether oxygens (including phenoxy) is 2. The molecule has 0 heterocycles. The minimum absolute atomic E-state index is 0. The Hall–Kier alpha value is -0.390. The third kappa shape index (κ3) is 7.98. The van der Waals surface area contributed by atoms with Gasteiger partial charge in [0, 0.05) is 6.54 Å². The van der Waals surface area contributed by atoms with Crippen molar-refractivity contribution in [3.63, 3.8) is 0 Å². The Morgan fingerprint density at radius 1 is 1.19 bits per heavy atom. The summed E-state index contributed by atoms with van der Waals surface area (Å²) < 4.78 is 10.8. The first-order chi connectivity index (χ1) is 9.22. The number of benzene rings is 1. The standard InChI is InChI=1S/C14H23ClN2O2.2ClH/c1-4-19-14-12(15)8-11(9-13(14)18-3)10-17-7-5-6-16-2;;/h8-9,16-17H,4-7,10H2,1-3H3;2*1H. The van der Waals surface area contributed by atoms with Crippen molar-refractivity contribution >= 4 is 36.4 Å². The van der Waals surface area contributed by atoms with Crippen LogP contribution in [0.3, 0.4) is 0 Å². The monoisotopic (exact) mass is 358 g/mol. The van der Waals surface area contributed by atoms with Gasteiger partial charge in [-0.1, -0.05) is 11.6 Å². The Kier molecular flexibility index (Phi) is 14.5. The van der Waals surface area contributed by atoms with Crippen LogP contribution in [0.15, 0.2) is 12.1 Å². The Balaban J connectivity index is 0. The van der Waals surface area contributed by atoms with Crippen LogP contribution in [0.1, 0.15) is 18.9 Å². The number of nitrogens with one attached hydrogen (secondary N) is 2. The second-order valence-corrected chi connectivity index (χ2v) is 4.58. The number of methoxy groups -OCH3 is 1. The van der Waals surface area contributed by atoms with E-state index < -0.39 is 0 Å². The van der Waals surface area contributed by atoms with E-state index in [-0.39, 0.29) is 24.8 Å². The lowest BCUT2D eigenvalue weighted by Crippen LogP contribution is -2.19. The number of halogens is 3. The van der Waals surface area contributed by atoms with Gasteiger partial charge >= 0.3 is 0 Å². The summed E-state index contributed by atoms with van der Waals surface area (Å²) in [4.78, 5) is 0. The highest BCUT2D eigenvalue weighted by molar-refractivity contribution is 6.32. The molecule has 0 bridgehead atoms. The highest BCUT2D eigenvalue weighted by atomic mass is 35.5. The van der Waals surface area contributed by atoms with Gasteiger partial charge in [-0.05, 0) is 51.2 Å². The number of hydrogen-bond acceptors (Lipinski definition) is 4. The minimum Gasteiger partial charge on any atom is -0.493 e. The Labute approximate surface area is 144 Å². The van der Waals surface area contributed by atoms with Crippen LogP contribution in [-0.2, 0) is 6.54 Å². The lowest BCUT2D eigenvalue weighted by molar-refractivity contribution is 0.311. The van der Waals surface area contributed by atoms with Crippen molar-refractivity contribution in [1.82, 2.24) is 10.6 Å². The van der Waals surface area contributed by atoms with Crippen molar-refractivity contribution in [3.8, 4) is 11.5 Å². The molecule has 2 N–H and O–H groups in total. The van der Waals surface area contributed by atoms with E-state index in [0.29, 0.717) is 23.1 Å². The predicted octanol–water partition coefficient (Wildman–Crippen LogP) is 3.29. The van der Waals surface area contributed by atoms with E-state index in [1.807, 2.05) is 26.1 Å². The molecule has 0 aromatic heterocycles. The van der Waals surface area contributed by atoms with Gasteiger partial charge in [0.2, 0.25) is 0 Å². The fraction of sp³-hybridized carbons (Fsp3) is 0.571. The molecule has 0 aliphatic heterocycles. The molecule has 0 spiro atoms. The topological polar surface area (TPSA) is 42.5 Å². The van der Waals surface area contributed by atoms with E-state index in [2.05, 4.69) is 10.6 Å². The van der Waals surface area contributed by atoms with Crippen LogP contribution in [0, 0.1) is 0 Å². The van der Waals surface area contributed by atoms with E-state index in [0.717, 1.165) is 31.6 Å². The minimum atomic E-state index is 0. The predicted molar refractivity (Wildman–Crippen MR) is 93.9 cm³/mol. The van der Waals surface area contributed by atoms with Crippen molar-refractivity contribution in [1.29, 1.82) is 0 Å². The van der Waals surface area contributed by atoms with Crippen LogP contribution in [0.4, 0.5) is 0 Å². The first-order valence-electron chi connectivity index (χ1n) is 6.57. The maximum Gasteiger partial charge on any atom is 0.179 e. The molecule has 1 aromatic rings. The summed E-state index contributed by atoms with van der Waals surface area (Å²) in [5.74, 6) is 1.30. The first kappa shape index (κ1) is 22.9. The van der Waals surface area contributed by atoms with Gasteiger partial charge in [-0.2, -0.15) is 0 Å². The molecular formula is C14H25Cl3N2O2. The van der Waals surface area contributed by atoms with E-state index in [9.17, 15) is 0 Å². The molecule has 0 saturated carbocycles. The lowest BCUT2D eigenvalue weighted by Gasteiger charge is -2.13. The van der Waals surface area contributed by atoms with Crippen LogP contribution < -0.4 is 20.1 Å². The van der Waals surface area contributed by atoms with Crippen molar-refractivity contribution in [2.24, 2.45) is 0 Å². The average Bonchev–Trinajstić information content (AvgIpc) is 2.41. The third-order valence-corrected chi connectivity index (χ3v) is 2.97. The van der Waals surface area contributed by atoms with Crippen LogP contribution >= 0.6 is 36.4 Å². The summed E-state index contributed by atoms with van der Waals surface area (Å²) >= 11 is 6.21. The van der Waals surface area contributed by atoms with Crippen molar-refractivity contribution in [2.45, 2.75) is 19.9 Å². The van der Waals surface area contributed by atoms with Crippen LogP contribution in [0.25, 0.3) is 0 Å². The molecule has 0 aliphatic carbocycles. The average molecular weight is 360 g/mol. The Morgan fingerprint density at radius 3 is 2.48 bits per heavy atom. The van der Waals surface area contributed by atoms with Crippen molar-refractivity contribution < 1.29 is 9.47 Å². The maximum absolute atomic E-state index is 6.21. The van der Waals surface area contributed by atoms with Gasteiger partial charge in [-0.3, -0.25) is 0 Å². The summed E-state index contributed by atoms with van der Waals surface area (Å²) in [5.41, 5.74) is 1.09. The van der Waals surface area contributed by atoms with Gasteiger partial charge in [0.1, 0.15) is 0 Å². The summed E-state index contributed by atoms with van der Waals surface area (Å²) in [6, 6.07) is 3.88. The molecule has 4 nitrogen and oxygen atoms in total. The van der Waals surface area contributed by atoms with Gasteiger partial charge in [-0.25, -0.2) is 0 Å². The SMILES string of the molecule is CCOc1c(Cl)cc(CNCCCNC)cc1OC.Cl.Cl. The Bertz CT molecular complexity index is 393. The fourth-order valence-electron chi connectivity index (χ4n) is 1.78. The van der Waals surface area contributed by atoms with Gasteiger partial charge in [0.25, 0.3) is 0 Å². The van der Waals surface area contributed by atoms with Crippen molar-refractivity contribution in [3.05, 3.63) is 22.7 Å². The molecule has 1 aromatic carbocycles. The molecule has 0 saturated heterocycles. The van der Waals surface area contributed by atoms with Crippen LogP contribution in [0.2, 0.25) is 5.02 Å². The number of rotatable bonds is 9. The molecule has 0 radical (unpaired) electrons. The summed E-state index contributed by atoms with van der Waals surface area (Å²) in [7, 11) is 3.58. The largest absolute Gasteiger partial charge is 0.493 e. The lowest BCUT2D eigenvalue weighted by atomic mass is 10.2. The van der Waals surface area contributed by atoms with Gasteiger partial charge < -0.3 is 20.1 Å². The summed E-state index contributed by atoms with van der Waals surface area (Å²) in [5, 5.41) is 7.08.